The maximum Gasteiger partial charge on any atom is 0.142 e. The zero-order valence-electron chi connectivity index (χ0n) is 5.19. The zero-order valence-corrected chi connectivity index (χ0v) is 5.94. The molecule has 0 aliphatic rings. The molecule has 0 unspecified atom stereocenters. The molecule has 0 saturated heterocycles. The average molecular weight is 139 g/mol. The second kappa shape index (κ2) is 2.32. The first-order valence-corrected chi connectivity index (χ1v) is 3.09. The van der Waals surface area contributed by atoms with Crippen LogP contribution in [0.25, 0.3) is 0 Å². The molecule has 0 spiro atoms. The van der Waals surface area contributed by atoms with Crippen LogP contribution in [0.1, 0.15) is 0 Å². The van der Waals surface area contributed by atoms with Crippen molar-refractivity contribution in [3.63, 3.8) is 0 Å². The van der Waals surface area contributed by atoms with Crippen molar-refractivity contribution in [2.24, 2.45) is 0 Å². The van der Waals surface area contributed by atoms with E-state index in [0.717, 1.165) is 11.2 Å². The van der Waals surface area contributed by atoms with E-state index in [1.54, 1.807) is 6.07 Å². The summed E-state index contributed by atoms with van der Waals surface area (Å²) < 4.78 is 0. The summed E-state index contributed by atoms with van der Waals surface area (Å²) >= 11 is 5.64. The molecule has 46 valence electrons. The summed E-state index contributed by atoms with van der Waals surface area (Å²) in [5, 5.41) is 0.693. The summed E-state index contributed by atoms with van der Waals surface area (Å²) in [5.74, 6) is 0. The lowest BCUT2D eigenvalue weighted by molar-refractivity contribution is 1.74. The molecule has 0 radical (unpaired) electrons. The molecule has 1 aromatic carbocycles. The predicted octanol–water partition coefficient (Wildman–Crippen LogP) is 0.181. The second-order valence-electron chi connectivity index (χ2n) is 2.00. The normalized spacial score (nSPS) is 9.44. The predicted molar refractivity (Wildman–Crippen MR) is 44.0 cm³/mol. The first-order chi connectivity index (χ1) is 4.20. The van der Waals surface area contributed by atoms with E-state index in [4.69, 9.17) is 17.3 Å². The number of anilines is 1. The summed E-state index contributed by atoms with van der Waals surface area (Å²) in [5.41, 5.74) is 7.36. The first-order valence-electron chi connectivity index (χ1n) is 2.72. The maximum atomic E-state index is 5.64. The lowest BCUT2D eigenvalue weighted by atomic mass is 9.95. The molecule has 2 N–H and O–H groups in total. The molecule has 0 amide bonds. The van der Waals surface area contributed by atoms with Crippen molar-refractivity contribution in [1.82, 2.24) is 0 Å². The minimum Gasteiger partial charge on any atom is -0.399 e. The van der Waals surface area contributed by atoms with Crippen LogP contribution in [-0.2, 0) is 0 Å². The molecule has 3 heteroatoms. The summed E-state index contributed by atoms with van der Waals surface area (Å²) in [6.07, 6.45) is 0. The number of hydrogen-bond acceptors (Lipinski definition) is 1. The molecule has 0 heterocycles. The van der Waals surface area contributed by atoms with Crippen molar-refractivity contribution in [3.05, 3.63) is 23.2 Å². The van der Waals surface area contributed by atoms with E-state index < -0.39 is 0 Å². The highest BCUT2D eigenvalue weighted by atomic mass is 35.5. The van der Waals surface area contributed by atoms with E-state index in [1.807, 2.05) is 20.0 Å². The van der Waals surface area contributed by atoms with Crippen LogP contribution >= 0.6 is 11.6 Å². The lowest BCUT2D eigenvalue weighted by Gasteiger charge is -1.97. The van der Waals surface area contributed by atoms with Crippen LogP contribution in [0.5, 0.6) is 0 Å². The third-order valence-corrected chi connectivity index (χ3v) is 1.48. The van der Waals surface area contributed by atoms with Gasteiger partial charge in [-0.3, -0.25) is 0 Å². The smallest absolute Gasteiger partial charge is 0.142 e. The van der Waals surface area contributed by atoms with Crippen LogP contribution in [0.2, 0.25) is 5.02 Å². The van der Waals surface area contributed by atoms with Crippen molar-refractivity contribution in [3.8, 4) is 0 Å². The van der Waals surface area contributed by atoms with E-state index in [9.17, 15) is 0 Å². The Kier molecular flexibility index (Phi) is 1.67. The number of nitrogens with two attached hydrogens (primary N) is 1. The second-order valence-corrected chi connectivity index (χ2v) is 2.44. The van der Waals surface area contributed by atoms with E-state index in [-0.39, 0.29) is 0 Å². The number of hydrogen-bond donors (Lipinski definition) is 1. The van der Waals surface area contributed by atoms with Crippen molar-refractivity contribution in [1.29, 1.82) is 0 Å². The van der Waals surface area contributed by atoms with E-state index in [2.05, 4.69) is 0 Å². The third kappa shape index (κ3) is 1.39. The van der Waals surface area contributed by atoms with Gasteiger partial charge in [-0.05, 0) is 12.1 Å². The van der Waals surface area contributed by atoms with Gasteiger partial charge >= 0.3 is 0 Å². The Morgan fingerprint density at radius 2 is 2.11 bits per heavy atom. The standard InChI is InChI=1S/C6H7BClN/c7-5-2-1-4(8)3-6(5)9/h1-3H,7,9H2. The Hall–Kier alpha value is -0.625. The van der Waals surface area contributed by atoms with Gasteiger partial charge in [0.05, 0.1) is 0 Å². The quantitative estimate of drug-likeness (QED) is 0.403. The third-order valence-electron chi connectivity index (χ3n) is 1.24. The molecule has 0 fully saturated rings. The zero-order chi connectivity index (χ0) is 6.85. The Balaban J connectivity index is 3.17. The van der Waals surface area contributed by atoms with Gasteiger partial charge in [0.2, 0.25) is 0 Å². The Labute approximate surface area is 60.2 Å². The molecule has 0 aromatic heterocycles. The number of rotatable bonds is 0. The van der Waals surface area contributed by atoms with Crippen molar-refractivity contribution >= 4 is 30.6 Å². The van der Waals surface area contributed by atoms with Gasteiger partial charge in [-0.25, -0.2) is 0 Å². The molecule has 9 heavy (non-hydrogen) atoms. The highest BCUT2D eigenvalue weighted by Gasteiger charge is 1.91. The number of nitrogen functional groups attached to an aromatic ring is 1. The number of halogens is 1. The van der Waals surface area contributed by atoms with Crippen LogP contribution in [0.15, 0.2) is 18.2 Å². The molecule has 1 aromatic rings. The molecule has 1 nitrogen and oxygen atoms in total. The van der Waals surface area contributed by atoms with Gasteiger partial charge in [0.25, 0.3) is 0 Å². The summed E-state index contributed by atoms with van der Waals surface area (Å²) in [6.45, 7) is 0. The van der Waals surface area contributed by atoms with E-state index in [1.165, 1.54) is 0 Å². The topological polar surface area (TPSA) is 26.0 Å². The Morgan fingerprint density at radius 3 is 2.56 bits per heavy atom. The summed E-state index contributed by atoms with van der Waals surface area (Å²) in [6, 6.07) is 5.47. The van der Waals surface area contributed by atoms with Crippen molar-refractivity contribution in [2.45, 2.75) is 0 Å². The van der Waals surface area contributed by atoms with Gasteiger partial charge in [-0.2, -0.15) is 0 Å². The van der Waals surface area contributed by atoms with Crippen molar-refractivity contribution < 1.29 is 0 Å². The molecule has 0 atom stereocenters. The van der Waals surface area contributed by atoms with Crippen LogP contribution in [0, 0.1) is 0 Å². The van der Waals surface area contributed by atoms with Gasteiger partial charge in [-0.15, -0.1) is 0 Å². The molecular formula is C6H7BClN. The highest BCUT2D eigenvalue weighted by Crippen LogP contribution is 2.08. The van der Waals surface area contributed by atoms with Crippen LogP contribution in [0.3, 0.4) is 0 Å². The van der Waals surface area contributed by atoms with Gasteiger partial charge in [0.15, 0.2) is 0 Å². The van der Waals surface area contributed by atoms with Crippen LogP contribution < -0.4 is 11.2 Å². The van der Waals surface area contributed by atoms with Gasteiger partial charge in [0.1, 0.15) is 7.85 Å². The van der Waals surface area contributed by atoms with Crippen molar-refractivity contribution in [2.75, 3.05) is 5.73 Å². The van der Waals surface area contributed by atoms with Crippen LogP contribution in [0.4, 0.5) is 5.69 Å². The van der Waals surface area contributed by atoms with Gasteiger partial charge in [-0.1, -0.05) is 23.1 Å². The fourth-order valence-electron chi connectivity index (χ4n) is 0.611. The minimum atomic E-state index is 0.693. The SMILES string of the molecule is Bc1ccc(Cl)cc1N. The highest BCUT2D eigenvalue weighted by molar-refractivity contribution is 6.37. The molecule has 1 rings (SSSR count). The molecule has 0 bridgehead atoms. The molecule has 0 aliphatic carbocycles. The molecular weight excluding hydrogens is 132 g/mol. The van der Waals surface area contributed by atoms with E-state index >= 15 is 0 Å². The number of benzene rings is 1. The first kappa shape index (κ1) is 6.49. The Bertz CT molecular complexity index is 224. The molecule has 0 aliphatic heterocycles. The van der Waals surface area contributed by atoms with Gasteiger partial charge < -0.3 is 5.73 Å². The lowest BCUT2D eigenvalue weighted by Crippen LogP contribution is -2.08. The van der Waals surface area contributed by atoms with Crippen LogP contribution in [-0.4, -0.2) is 7.85 Å². The Morgan fingerprint density at radius 1 is 1.44 bits per heavy atom. The molecule has 0 saturated carbocycles. The van der Waals surface area contributed by atoms with Gasteiger partial charge in [0, 0.05) is 10.7 Å². The largest absolute Gasteiger partial charge is 0.399 e. The minimum absolute atomic E-state index is 0.693. The monoisotopic (exact) mass is 139 g/mol. The van der Waals surface area contributed by atoms with E-state index in [0.29, 0.717) is 5.02 Å². The maximum absolute atomic E-state index is 5.64. The fraction of sp³-hybridized carbons (Fsp3) is 0. The summed E-state index contributed by atoms with van der Waals surface area (Å²) in [7, 11) is 1.95. The average Bonchev–Trinajstić information content (AvgIpc) is 1.80. The summed E-state index contributed by atoms with van der Waals surface area (Å²) in [4.78, 5) is 0. The fourth-order valence-corrected chi connectivity index (χ4v) is 0.792.